The maximum atomic E-state index is 11.6. The lowest BCUT2D eigenvalue weighted by Crippen LogP contribution is -2.01. The molecule has 0 fully saturated rings. The molecule has 0 aliphatic rings. The molecule has 0 amide bonds. The van der Waals surface area contributed by atoms with Crippen LogP contribution >= 0.6 is 23.4 Å². The first kappa shape index (κ1) is 14.5. The number of benzene rings is 1. The normalized spacial score (nSPS) is 11.4. The number of thioether (sulfide) groups is 1. The second-order valence-electron chi connectivity index (χ2n) is 5.10. The minimum atomic E-state index is -0.297. The van der Waals surface area contributed by atoms with E-state index in [4.69, 9.17) is 16.0 Å². The molecule has 0 atom stereocenters. The van der Waals surface area contributed by atoms with Crippen LogP contribution in [-0.2, 0) is 5.75 Å². The van der Waals surface area contributed by atoms with Crippen LogP contribution in [0.15, 0.2) is 27.4 Å². The Kier molecular flexibility index (Phi) is 4.58. The fraction of sp³-hybridized carbons (Fsp3) is 0.400. The smallest absolute Gasteiger partial charge is 0.336 e. The summed E-state index contributed by atoms with van der Waals surface area (Å²) in [6.07, 6.45) is 0. The van der Waals surface area contributed by atoms with Gasteiger partial charge in [-0.25, -0.2) is 4.79 Å². The van der Waals surface area contributed by atoms with Gasteiger partial charge in [0, 0.05) is 22.2 Å². The largest absolute Gasteiger partial charge is 0.423 e. The van der Waals surface area contributed by atoms with Crippen molar-refractivity contribution in [2.75, 3.05) is 5.75 Å². The monoisotopic (exact) mass is 296 g/mol. The first-order chi connectivity index (χ1) is 8.97. The highest BCUT2D eigenvalue weighted by molar-refractivity contribution is 7.98. The van der Waals surface area contributed by atoms with Gasteiger partial charge in [0.15, 0.2) is 0 Å². The molecule has 1 aromatic heterocycles. The summed E-state index contributed by atoms with van der Waals surface area (Å²) >= 11 is 7.98. The Morgan fingerprint density at radius 2 is 2.05 bits per heavy atom. The molecule has 1 aromatic carbocycles. The Labute approximate surface area is 122 Å². The molecule has 0 aliphatic carbocycles. The highest BCUT2D eigenvalue weighted by Gasteiger charge is 2.08. The van der Waals surface area contributed by atoms with Crippen molar-refractivity contribution in [1.82, 2.24) is 0 Å². The molecule has 102 valence electrons. The van der Waals surface area contributed by atoms with Gasteiger partial charge in [0.25, 0.3) is 0 Å². The van der Waals surface area contributed by atoms with Crippen LogP contribution in [0.25, 0.3) is 11.0 Å². The topological polar surface area (TPSA) is 30.2 Å². The first-order valence-corrected chi connectivity index (χ1v) is 7.81. The molecule has 0 N–H and O–H groups in total. The van der Waals surface area contributed by atoms with Gasteiger partial charge in [0.2, 0.25) is 0 Å². The molecule has 0 saturated carbocycles. The standard InChI is InChI=1S/C15H17ClO2S/c1-9(2)7-19-8-11-5-15(17)18-14-4-10(3)13(16)6-12(11)14/h4-6,9H,7-8H2,1-3H3. The van der Waals surface area contributed by atoms with E-state index in [0.29, 0.717) is 16.5 Å². The summed E-state index contributed by atoms with van der Waals surface area (Å²) in [5.74, 6) is 2.52. The van der Waals surface area contributed by atoms with Crippen LogP contribution in [0.3, 0.4) is 0 Å². The van der Waals surface area contributed by atoms with Gasteiger partial charge >= 0.3 is 5.63 Å². The number of fused-ring (bicyclic) bond motifs is 1. The maximum absolute atomic E-state index is 11.6. The number of rotatable bonds is 4. The number of aryl methyl sites for hydroxylation is 1. The van der Waals surface area contributed by atoms with Gasteiger partial charge in [-0.2, -0.15) is 11.8 Å². The highest BCUT2D eigenvalue weighted by atomic mass is 35.5. The van der Waals surface area contributed by atoms with Crippen molar-refractivity contribution in [2.45, 2.75) is 26.5 Å². The van der Waals surface area contributed by atoms with Crippen molar-refractivity contribution in [3.63, 3.8) is 0 Å². The summed E-state index contributed by atoms with van der Waals surface area (Å²) < 4.78 is 5.24. The van der Waals surface area contributed by atoms with Gasteiger partial charge in [0.1, 0.15) is 5.58 Å². The Morgan fingerprint density at radius 3 is 2.74 bits per heavy atom. The summed E-state index contributed by atoms with van der Waals surface area (Å²) in [5.41, 5.74) is 2.24. The average Bonchev–Trinajstić information content (AvgIpc) is 2.31. The Bertz CT molecular complexity index is 646. The lowest BCUT2D eigenvalue weighted by molar-refractivity contribution is 0.559. The van der Waals surface area contributed by atoms with Crippen LogP contribution in [0.2, 0.25) is 5.02 Å². The predicted molar refractivity (Wildman–Crippen MR) is 83.2 cm³/mol. The van der Waals surface area contributed by atoms with Gasteiger partial charge in [-0.05, 0) is 41.9 Å². The van der Waals surface area contributed by atoms with Gasteiger partial charge in [-0.15, -0.1) is 0 Å². The van der Waals surface area contributed by atoms with E-state index in [1.165, 1.54) is 0 Å². The zero-order valence-corrected chi connectivity index (χ0v) is 12.9. The van der Waals surface area contributed by atoms with Crippen molar-refractivity contribution < 1.29 is 4.42 Å². The van der Waals surface area contributed by atoms with Crippen molar-refractivity contribution in [3.05, 3.63) is 44.8 Å². The fourth-order valence-corrected chi connectivity index (χ4v) is 3.08. The summed E-state index contributed by atoms with van der Waals surface area (Å²) in [7, 11) is 0. The third kappa shape index (κ3) is 3.54. The summed E-state index contributed by atoms with van der Waals surface area (Å²) in [6, 6.07) is 5.29. The van der Waals surface area contributed by atoms with E-state index in [2.05, 4.69) is 13.8 Å². The Balaban J connectivity index is 2.41. The van der Waals surface area contributed by atoms with Gasteiger partial charge in [-0.3, -0.25) is 0 Å². The molecule has 0 aliphatic heterocycles. The molecule has 19 heavy (non-hydrogen) atoms. The van der Waals surface area contributed by atoms with E-state index in [1.54, 1.807) is 6.07 Å². The van der Waals surface area contributed by atoms with E-state index in [1.807, 2.05) is 30.8 Å². The summed E-state index contributed by atoms with van der Waals surface area (Å²) in [4.78, 5) is 11.6. The van der Waals surface area contributed by atoms with Crippen LogP contribution in [0.1, 0.15) is 25.0 Å². The molecule has 0 spiro atoms. The van der Waals surface area contributed by atoms with Crippen LogP contribution in [-0.4, -0.2) is 5.75 Å². The second-order valence-corrected chi connectivity index (χ2v) is 6.53. The molecule has 0 unspecified atom stereocenters. The second kappa shape index (κ2) is 6.02. The lowest BCUT2D eigenvalue weighted by atomic mass is 10.1. The number of halogens is 1. The van der Waals surface area contributed by atoms with Crippen LogP contribution < -0.4 is 5.63 Å². The fourth-order valence-electron chi connectivity index (χ4n) is 1.87. The minimum Gasteiger partial charge on any atom is -0.423 e. The van der Waals surface area contributed by atoms with Crippen molar-refractivity contribution in [2.24, 2.45) is 5.92 Å². The van der Waals surface area contributed by atoms with Gasteiger partial charge < -0.3 is 4.42 Å². The quantitative estimate of drug-likeness (QED) is 0.770. The van der Waals surface area contributed by atoms with E-state index in [-0.39, 0.29) is 5.63 Å². The molecule has 0 bridgehead atoms. The molecule has 4 heteroatoms. The SMILES string of the molecule is Cc1cc2oc(=O)cc(CSCC(C)C)c2cc1Cl. The van der Waals surface area contributed by atoms with Crippen LogP contribution in [0.4, 0.5) is 0 Å². The van der Waals surface area contributed by atoms with Crippen molar-refractivity contribution in [3.8, 4) is 0 Å². The molecule has 0 saturated heterocycles. The van der Waals surface area contributed by atoms with Gasteiger partial charge in [-0.1, -0.05) is 25.4 Å². The van der Waals surface area contributed by atoms with E-state index >= 15 is 0 Å². The third-order valence-electron chi connectivity index (χ3n) is 2.82. The maximum Gasteiger partial charge on any atom is 0.336 e. The lowest BCUT2D eigenvalue weighted by Gasteiger charge is -2.08. The molecule has 0 radical (unpaired) electrons. The van der Waals surface area contributed by atoms with Crippen LogP contribution in [0, 0.1) is 12.8 Å². The minimum absolute atomic E-state index is 0.297. The molecule has 2 aromatic rings. The Hall–Kier alpha value is -0.930. The molecule has 2 nitrogen and oxygen atoms in total. The van der Waals surface area contributed by atoms with Gasteiger partial charge in [0.05, 0.1) is 0 Å². The Morgan fingerprint density at radius 1 is 1.32 bits per heavy atom. The molecule has 2 rings (SSSR count). The third-order valence-corrected chi connectivity index (χ3v) is 4.64. The van der Waals surface area contributed by atoms with Crippen molar-refractivity contribution in [1.29, 1.82) is 0 Å². The number of hydrogen-bond acceptors (Lipinski definition) is 3. The van der Waals surface area contributed by atoms with Crippen molar-refractivity contribution >= 4 is 34.3 Å². The average molecular weight is 297 g/mol. The molecule has 1 heterocycles. The summed E-state index contributed by atoms with van der Waals surface area (Å²) in [5, 5.41) is 1.64. The highest BCUT2D eigenvalue weighted by Crippen LogP contribution is 2.27. The first-order valence-electron chi connectivity index (χ1n) is 6.28. The molecular formula is C15H17ClO2S. The van der Waals surface area contributed by atoms with E-state index in [0.717, 1.165) is 28.0 Å². The summed E-state index contributed by atoms with van der Waals surface area (Å²) in [6.45, 7) is 6.28. The zero-order chi connectivity index (χ0) is 14.0. The molecular weight excluding hydrogens is 280 g/mol. The predicted octanol–water partition coefficient (Wildman–Crippen LogP) is 4.64. The van der Waals surface area contributed by atoms with Crippen LogP contribution in [0.5, 0.6) is 0 Å². The van der Waals surface area contributed by atoms with E-state index in [9.17, 15) is 4.79 Å². The number of hydrogen-bond donors (Lipinski definition) is 0. The zero-order valence-electron chi connectivity index (χ0n) is 11.3. The van der Waals surface area contributed by atoms with E-state index < -0.39 is 0 Å².